The van der Waals surface area contributed by atoms with Gasteiger partial charge in [-0.25, -0.2) is 4.98 Å². The Bertz CT molecular complexity index is 821. The Morgan fingerprint density at radius 1 is 1.33 bits per heavy atom. The van der Waals surface area contributed by atoms with Crippen LogP contribution in [0.2, 0.25) is 0 Å². The lowest BCUT2D eigenvalue weighted by Gasteiger charge is -2.37. The summed E-state index contributed by atoms with van der Waals surface area (Å²) in [5.41, 5.74) is 0.720. The standard InChI is InChI=1S/C19H25N3O4S/c1-4-21(11-16(23)24)14-7-9-22(10-8-14)19(25)17-13(3)20-18(27-17)15-6-5-12(2)26-15/h5-6,14H,4,7-11H2,1-3H3,(H,23,24). The van der Waals surface area contributed by atoms with Crippen molar-refractivity contribution in [3.8, 4) is 10.8 Å². The van der Waals surface area contributed by atoms with Gasteiger partial charge in [0.2, 0.25) is 0 Å². The summed E-state index contributed by atoms with van der Waals surface area (Å²) in [6.07, 6.45) is 1.57. The zero-order valence-corrected chi connectivity index (χ0v) is 16.7. The molecule has 1 aliphatic heterocycles. The lowest BCUT2D eigenvalue weighted by Crippen LogP contribution is -2.48. The summed E-state index contributed by atoms with van der Waals surface area (Å²) < 4.78 is 5.62. The lowest BCUT2D eigenvalue weighted by atomic mass is 10.0. The average molecular weight is 391 g/mol. The average Bonchev–Trinajstić information content (AvgIpc) is 3.25. The molecule has 0 unspecified atom stereocenters. The van der Waals surface area contributed by atoms with E-state index in [-0.39, 0.29) is 18.5 Å². The maximum Gasteiger partial charge on any atom is 0.317 e. The van der Waals surface area contributed by atoms with Crippen molar-refractivity contribution >= 4 is 23.2 Å². The van der Waals surface area contributed by atoms with E-state index in [1.165, 1.54) is 11.3 Å². The van der Waals surface area contributed by atoms with Gasteiger partial charge in [-0.3, -0.25) is 14.5 Å². The first-order valence-corrected chi connectivity index (χ1v) is 10.00. The number of aromatic nitrogens is 1. The molecule has 1 aliphatic rings. The Labute approximate surface area is 162 Å². The maximum atomic E-state index is 13.0. The van der Waals surface area contributed by atoms with Crippen LogP contribution in [-0.4, -0.2) is 64.0 Å². The molecule has 0 radical (unpaired) electrons. The summed E-state index contributed by atoms with van der Waals surface area (Å²) >= 11 is 1.36. The molecule has 0 atom stereocenters. The van der Waals surface area contributed by atoms with Gasteiger partial charge >= 0.3 is 5.97 Å². The molecule has 1 N–H and O–H groups in total. The van der Waals surface area contributed by atoms with Crippen molar-refractivity contribution in [1.29, 1.82) is 0 Å². The molecule has 146 valence electrons. The molecule has 1 saturated heterocycles. The van der Waals surface area contributed by atoms with Crippen LogP contribution in [0.1, 0.15) is 40.9 Å². The van der Waals surface area contributed by atoms with Gasteiger partial charge in [-0.2, -0.15) is 0 Å². The summed E-state index contributed by atoms with van der Waals surface area (Å²) in [5, 5.41) is 9.76. The van der Waals surface area contributed by atoms with Crippen molar-refractivity contribution in [3.63, 3.8) is 0 Å². The van der Waals surface area contributed by atoms with E-state index in [9.17, 15) is 9.59 Å². The molecule has 27 heavy (non-hydrogen) atoms. The number of nitrogens with zero attached hydrogens (tertiary/aromatic N) is 3. The highest BCUT2D eigenvalue weighted by Gasteiger charge is 2.29. The van der Waals surface area contributed by atoms with E-state index < -0.39 is 5.97 Å². The first kappa shape index (κ1) is 19.6. The van der Waals surface area contributed by atoms with Gasteiger partial charge in [0.05, 0.1) is 12.2 Å². The van der Waals surface area contributed by atoms with Gasteiger partial charge in [0.25, 0.3) is 5.91 Å². The van der Waals surface area contributed by atoms with Crippen LogP contribution in [0.15, 0.2) is 16.5 Å². The first-order valence-electron chi connectivity index (χ1n) is 9.18. The van der Waals surface area contributed by atoms with Crippen LogP contribution in [0.25, 0.3) is 10.8 Å². The molecule has 0 aliphatic carbocycles. The van der Waals surface area contributed by atoms with Gasteiger partial charge in [0, 0.05) is 19.1 Å². The molecule has 3 rings (SSSR count). The fourth-order valence-electron chi connectivity index (χ4n) is 3.50. The van der Waals surface area contributed by atoms with Crippen molar-refractivity contribution < 1.29 is 19.1 Å². The molecule has 0 saturated carbocycles. The van der Waals surface area contributed by atoms with Crippen molar-refractivity contribution in [2.45, 2.75) is 39.7 Å². The number of rotatable bonds is 6. The SMILES string of the molecule is CCN(CC(=O)O)C1CCN(C(=O)c2sc(-c3ccc(C)o3)nc2C)CC1. The monoisotopic (exact) mass is 391 g/mol. The third-order valence-electron chi connectivity index (χ3n) is 4.95. The highest BCUT2D eigenvalue weighted by atomic mass is 32.1. The number of hydrogen-bond acceptors (Lipinski definition) is 6. The van der Waals surface area contributed by atoms with E-state index in [1.807, 2.05) is 42.7 Å². The number of piperidine rings is 1. The second kappa shape index (κ2) is 8.22. The Kier molecular flexibility index (Phi) is 5.96. The molecule has 1 fully saturated rings. The smallest absolute Gasteiger partial charge is 0.317 e. The van der Waals surface area contributed by atoms with E-state index in [2.05, 4.69) is 4.98 Å². The normalized spacial score (nSPS) is 15.5. The van der Waals surface area contributed by atoms with Crippen LogP contribution in [0.5, 0.6) is 0 Å². The minimum absolute atomic E-state index is 0.000684. The van der Waals surface area contributed by atoms with E-state index in [1.54, 1.807) is 0 Å². The Morgan fingerprint density at radius 2 is 2.04 bits per heavy atom. The maximum absolute atomic E-state index is 13.0. The summed E-state index contributed by atoms with van der Waals surface area (Å²) in [7, 11) is 0. The Hall–Kier alpha value is -2.19. The summed E-state index contributed by atoms with van der Waals surface area (Å²) in [4.78, 5) is 32.9. The molecule has 7 nitrogen and oxygen atoms in total. The molecular weight excluding hydrogens is 366 g/mol. The van der Waals surface area contributed by atoms with Gasteiger partial charge < -0.3 is 14.4 Å². The second-order valence-electron chi connectivity index (χ2n) is 6.82. The molecule has 0 bridgehead atoms. The van der Waals surface area contributed by atoms with Crippen LogP contribution >= 0.6 is 11.3 Å². The number of likely N-dealkylation sites (N-methyl/N-ethyl adjacent to an activating group) is 1. The molecule has 0 spiro atoms. The van der Waals surface area contributed by atoms with Gasteiger partial charge in [-0.15, -0.1) is 11.3 Å². The fourth-order valence-corrected chi connectivity index (χ4v) is 4.50. The zero-order chi connectivity index (χ0) is 19.6. The van der Waals surface area contributed by atoms with E-state index in [4.69, 9.17) is 9.52 Å². The summed E-state index contributed by atoms with van der Waals surface area (Å²) in [6, 6.07) is 3.96. The van der Waals surface area contributed by atoms with Crippen LogP contribution in [0.4, 0.5) is 0 Å². The minimum atomic E-state index is -0.809. The number of hydrogen-bond donors (Lipinski definition) is 1. The number of aryl methyl sites for hydroxylation is 2. The highest BCUT2D eigenvalue weighted by molar-refractivity contribution is 7.17. The number of carbonyl (C=O) groups excluding carboxylic acids is 1. The largest absolute Gasteiger partial charge is 0.480 e. The molecular formula is C19H25N3O4S. The topological polar surface area (TPSA) is 86.9 Å². The zero-order valence-electron chi connectivity index (χ0n) is 15.9. The number of carbonyl (C=O) groups is 2. The van der Waals surface area contributed by atoms with E-state index in [0.717, 1.165) is 29.3 Å². The van der Waals surface area contributed by atoms with Crippen LogP contribution < -0.4 is 0 Å². The van der Waals surface area contributed by atoms with Crippen molar-refractivity contribution in [1.82, 2.24) is 14.8 Å². The number of thiazole rings is 1. The molecule has 0 aromatic carbocycles. The van der Waals surface area contributed by atoms with Crippen LogP contribution in [0.3, 0.4) is 0 Å². The molecule has 2 aromatic rings. The number of carboxylic acid groups (broad SMARTS) is 1. The van der Waals surface area contributed by atoms with E-state index in [0.29, 0.717) is 30.3 Å². The number of aliphatic carboxylic acids is 1. The van der Waals surface area contributed by atoms with Crippen molar-refractivity contribution in [2.75, 3.05) is 26.2 Å². The second-order valence-corrected chi connectivity index (χ2v) is 7.82. The number of carboxylic acids is 1. The summed E-state index contributed by atoms with van der Waals surface area (Å²) in [5.74, 6) is 0.691. The van der Waals surface area contributed by atoms with Crippen LogP contribution in [-0.2, 0) is 4.79 Å². The molecule has 8 heteroatoms. The van der Waals surface area contributed by atoms with Crippen LogP contribution in [0, 0.1) is 13.8 Å². The van der Waals surface area contributed by atoms with Crippen molar-refractivity contribution in [2.24, 2.45) is 0 Å². The Morgan fingerprint density at radius 3 is 2.59 bits per heavy atom. The lowest BCUT2D eigenvalue weighted by molar-refractivity contribution is -0.139. The number of amides is 1. The van der Waals surface area contributed by atoms with Gasteiger partial charge in [-0.05, 0) is 45.4 Å². The predicted octanol–water partition coefficient (Wildman–Crippen LogP) is 3.03. The summed E-state index contributed by atoms with van der Waals surface area (Å²) in [6.45, 7) is 7.71. The molecule has 2 aromatic heterocycles. The first-order chi connectivity index (χ1) is 12.9. The third-order valence-corrected chi connectivity index (χ3v) is 6.11. The predicted molar refractivity (Wildman–Crippen MR) is 103 cm³/mol. The number of furan rings is 1. The minimum Gasteiger partial charge on any atom is -0.480 e. The Balaban J connectivity index is 1.66. The quantitative estimate of drug-likeness (QED) is 0.814. The van der Waals surface area contributed by atoms with Gasteiger partial charge in [0.1, 0.15) is 10.6 Å². The molecule has 1 amide bonds. The molecule has 3 heterocycles. The van der Waals surface area contributed by atoms with Gasteiger partial charge in [0.15, 0.2) is 10.8 Å². The number of likely N-dealkylation sites (tertiary alicyclic amines) is 1. The highest BCUT2D eigenvalue weighted by Crippen LogP contribution is 2.30. The van der Waals surface area contributed by atoms with E-state index >= 15 is 0 Å². The fraction of sp³-hybridized carbons (Fsp3) is 0.526. The third kappa shape index (κ3) is 4.39. The van der Waals surface area contributed by atoms with Gasteiger partial charge in [-0.1, -0.05) is 6.92 Å². The van der Waals surface area contributed by atoms with Crippen molar-refractivity contribution in [3.05, 3.63) is 28.5 Å².